The van der Waals surface area contributed by atoms with Crippen LogP contribution in [0, 0.1) is 0 Å². The van der Waals surface area contributed by atoms with Gasteiger partial charge >= 0.3 is 0 Å². The first-order valence-electron chi connectivity index (χ1n) is 11.4. The van der Waals surface area contributed by atoms with E-state index in [9.17, 15) is 9.90 Å². The standard InChI is InChI=1S/C25H24N4O5/c30-17-6-4-16(5-7-17)27-25(31)18-11-20(21-2-1-9-32-21)28-24-19(18)12-26-29(24)13-15-3-8-22-23(10-15)34-14-33-22/h1-3,8-12,16-17,30H,4-7,13-14H2,(H,27,31). The summed E-state index contributed by atoms with van der Waals surface area (Å²) >= 11 is 0. The van der Waals surface area contributed by atoms with Crippen molar-refractivity contribution in [1.82, 2.24) is 20.1 Å². The van der Waals surface area contributed by atoms with Gasteiger partial charge in [0.25, 0.3) is 5.91 Å². The van der Waals surface area contributed by atoms with Crippen molar-refractivity contribution >= 4 is 16.9 Å². The van der Waals surface area contributed by atoms with Gasteiger partial charge < -0.3 is 24.3 Å². The van der Waals surface area contributed by atoms with Gasteiger partial charge in [-0.25, -0.2) is 9.67 Å². The molecule has 1 amide bonds. The van der Waals surface area contributed by atoms with Gasteiger partial charge in [0.1, 0.15) is 5.69 Å². The summed E-state index contributed by atoms with van der Waals surface area (Å²) < 4.78 is 18.2. The Morgan fingerprint density at radius 3 is 2.79 bits per heavy atom. The fraction of sp³-hybridized carbons (Fsp3) is 0.320. The van der Waals surface area contributed by atoms with Crippen LogP contribution in [0.4, 0.5) is 0 Å². The average molecular weight is 460 g/mol. The Labute approximate surface area is 195 Å². The molecule has 1 aliphatic heterocycles. The molecule has 9 nitrogen and oxygen atoms in total. The summed E-state index contributed by atoms with van der Waals surface area (Å²) in [7, 11) is 0. The van der Waals surface area contributed by atoms with Crippen LogP contribution >= 0.6 is 0 Å². The third-order valence-corrected chi connectivity index (χ3v) is 6.43. The van der Waals surface area contributed by atoms with E-state index in [1.54, 1.807) is 29.3 Å². The largest absolute Gasteiger partial charge is 0.463 e. The number of nitrogens with zero attached hydrogens (tertiary/aromatic N) is 3. The molecule has 1 saturated carbocycles. The number of benzene rings is 1. The van der Waals surface area contributed by atoms with Crippen LogP contribution in [0.1, 0.15) is 41.6 Å². The van der Waals surface area contributed by atoms with E-state index in [-0.39, 0.29) is 24.8 Å². The topological polar surface area (TPSA) is 112 Å². The number of aliphatic hydroxyl groups is 1. The van der Waals surface area contributed by atoms with Crippen LogP contribution in [0.5, 0.6) is 11.5 Å². The van der Waals surface area contributed by atoms with Crippen molar-refractivity contribution in [3.63, 3.8) is 0 Å². The molecule has 0 bridgehead atoms. The van der Waals surface area contributed by atoms with Crippen LogP contribution in [-0.4, -0.2) is 44.7 Å². The SMILES string of the molecule is O=C(NC1CCC(O)CC1)c1cc(-c2ccco2)nc2c1cnn2Cc1ccc2c(c1)OCO2. The predicted molar refractivity (Wildman–Crippen MR) is 123 cm³/mol. The van der Waals surface area contributed by atoms with Gasteiger partial charge in [-0.2, -0.15) is 5.10 Å². The summed E-state index contributed by atoms with van der Waals surface area (Å²) in [5.41, 5.74) is 2.63. The molecule has 1 fully saturated rings. The van der Waals surface area contributed by atoms with E-state index >= 15 is 0 Å². The zero-order valence-electron chi connectivity index (χ0n) is 18.4. The van der Waals surface area contributed by atoms with Crippen molar-refractivity contribution in [2.24, 2.45) is 0 Å². The number of ether oxygens (including phenoxy) is 2. The lowest BCUT2D eigenvalue weighted by Gasteiger charge is -2.26. The number of rotatable bonds is 5. The monoisotopic (exact) mass is 460 g/mol. The first kappa shape index (κ1) is 20.7. The Balaban J connectivity index is 1.36. The Hall–Kier alpha value is -3.85. The van der Waals surface area contributed by atoms with Gasteiger partial charge in [-0.1, -0.05) is 6.07 Å². The van der Waals surface area contributed by atoms with Crippen LogP contribution in [0.25, 0.3) is 22.5 Å². The number of hydrogen-bond acceptors (Lipinski definition) is 7. The van der Waals surface area contributed by atoms with E-state index in [4.69, 9.17) is 18.9 Å². The lowest BCUT2D eigenvalue weighted by molar-refractivity contribution is 0.0869. The second-order valence-corrected chi connectivity index (χ2v) is 8.74. The lowest BCUT2D eigenvalue weighted by Crippen LogP contribution is -2.38. The molecule has 9 heteroatoms. The van der Waals surface area contributed by atoms with E-state index in [0.717, 1.165) is 24.2 Å². The maximum atomic E-state index is 13.3. The fourth-order valence-corrected chi connectivity index (χ4v) is 4.60. The van der Waals surface area contributed by atoms with Crippen molar-refractivity contribution in [1.29, 1.82) is 0 Å². The number of carbonyl (C=O) groups excluding carboxylic acids is 1. The van der Waals surface area contributed by atoms with Gasteiger partial charge in [-0.15, -0.1) is 0 Å². The summed E-state index contributed by atoms with van der Waals surface area (Å²) in [6.45, 7) is 0.673. The van der Waals surface area contributed by atoms with Gasteiger partial charge in [0.05, 0.1) is 36.1 Å². The highest BCUT2D eigenvalue weighted by atomic mass is 16.7. The van der Waals surface area contributed by atoms with E-state index in [1.807, 2.05) is 24.3 Å². The fourth-order valence-electron chi connectivity index (χ4n) is 4.60. The number of aliphatic hydroxyl groups excluding tert-OH is 1. The van der Waals surface area contributed by atoms with E-state index in [0.29, 0.717) is 53.2 Å². The molecule has 4 aromatic rings. The highest BCUT2D eigenvalue weighted by molar-refractivity contribution is 6.06. The summed E-state index contributed by atoms with van der Waals surface area (Å²) in [6.07, 6.45) is 5.90. The molecule has 0 saturated heterocycles. The number of fused-ring (bicyclic) bond motifs is 2. The molecule has 1 aliphatic carbocycles. The highest BCUT2D eigenvalue weighted by Crippen LogP contribution is 2.33. The van der Waals surface area contributed by atoms with Crippen LogP contribution in [0.3, 0.4) is 0 Å². The molecule has 3 aromatic heterocycles. The van der Waals surface area contributed by atoms with Crippen molar-refractivity contribution in [3.8, 4) is 23.0 Å². The summed E-state index contributed by atoms with van der Waals surface area (Å²) in [5.74, 6) is 1.83. The summed E-state index contributed by atoms with van der Waals surface area (Å²) in [4.78, 5) is 18.1. The molecule has 2 N–H and O–H groups in total. The smallest absolute Gasteiger partial charge is 0.252 e. The molecule has 6 rings (SSSR count). The first-order chi connectivity index (χ1) is 16.6. The highest BCUT2D eigenvalue weighted by Gasteiger charge is 2.24. The number of amides is 1. The van der Waals surface area contributed by atoms with E-state index < -0.39 is 0 Å². The van der Waals surface area contributed by atoms with Crippen molar-refractivity contribution in [3.05, 3.63) is 60.0 Å². The van der Waals surface area contributed by atoms with Gasteiger partial charge in [0.2, 0.25) is 6.79 Å². The Kier molecular flexibility index (Phi) is 5.18. The maximum Gasteiger partial charge on any atom is 0.252 e. The molecule has 4 heterocycles. The molecule has 0 radical (unpaired) electrons. The Morgan fingerprint density at radius 1 is 1.12 bits per heavy atom. The molecule has 174 valence electrons. The number of furan rings is 1. The molecular weight excluding hydrogens is 436 g/mol. The zero-order valence-corrected chi connectivity index (χ0v) is 18.4. The lowest BCUT2D eigenvalue weighted by atomic mass is 9.93. The average Bonchev–Trinajstić information content (AvgIpc) is 3.61. The third kappa shape index (κ3) is 3.88. The summed E-state index contributed by atoms with van der Waals surface area (Å²) in [5, 5.41) is 18.1. The van der Waals surface area contributed by atoms with Crippen LogP contribution < -0.4 is 14.8 Å². The van der Waals surface area contributed by atoms with Crippen LogP contribution in [-0.2, 0) is 6.54 Å². The molecule has 0 spiro atoms. The molecule has 2 aliphatic rings. The first-order valence-corrected chi connectivity index (χ1v) is 11.4. The predicted octanol–water partition coefficient (Wildman–Crippen LogP) is 3.50. The maximum absolute atomic E-state index is 13.3. The molecule has 0 unspecified atom stereocenters. The van der Waals surface area contributed by atoms with E-state index in [2.05, 4.69) is 10.4 Å². The molecular formula is C25H24N4O5. The van der Waals surface area contributed by atoms with Gasteiger partial charge in [-0.05, 0) is 61.6 Å². The number of pyridine rings is 1. The normalized spacial score (nSPS) is 19.4. The minimum atomic E-state index is -0.277. The number of nitrogens with one attached hydrogen (secondary N) is 1. The van der Waals surface area contributed by atoms with Crippen molar-refractivity contribution < 1.29 is 23.8 Å². The van der Waals surface area contributed by atoms with Gasteiger partial charge in [0.15, 0.2) is 22.9 Å². The second-order valence-electron chi connectivity index (χ2n) is 8.74. The molecule has 1 aromatic carbocycles. The number of hydrogen-bond donors (Lipinski definition) is 2. The van der Waals surface area contributed by atoms with Crippen molar-refractivity contribution in [2.45, 2.75) is 44.4 Å². The minimum Gasteiger partial charge on any atom is -0.463 e. The Morgan fingerprint density at radius 2 is 1.97 bits per heavy atom. The van der Waals surface area contributed by atoms with Crippen LogP contribution in [0.2, 0.25) is 0 Å². The summed E-state index contributed by atoms with van der Waals surface area (Å²) in [6, 6.07) is 11.2. The second kappa shape index (κ2) is 8.49. The van der Waals surface area contributed by atoms with Crippen LogP contribution in [0.15, 0.2) is 53.3 Å². The molecule has 34 heavy (non-hydrogen) atoms. The third-order valence-electron chi connectivity index (χ3n) is 6.43. The van der Waals surface area contributed by atoms with Crippen molar-refractivity contribution in [2.75, 3.05) is 6.79 Å². The van der Waals surface area contributed by atoms with Gasteiger partial charge in [-0.3, -0.25) is 4.79 Å². The Bertz CT molecular complexity index is 1340. The van der Waals surface area contributed by atoms with E-state index in [1.165, 1.54) is 0 Å². The quantitative estimate of drug-likeness (QED) is 0.469. The molecule has 0 atom stereocenters. The minimum absolute atomic E-state index is 0.0369. The zero-order chi connectivity index (χ0) is 23.1. The number of aromatic nitrogens is 3. The van der Waals surface area contributed by atoms with Gasteiger partial charge in [0, 0.05) is 6.04 Å². The number of carbonyl (C=O) groups is 1.